The zero-order valence-electron chi connectivity index (χ0n) is 21.5. The van der Waals surface area contributed by atoms with Crippen molar-refractivity contribution < 1.29 is 13.9 Å². The van der Waals surface area contributed by atoms with Gasteiger partial charge in [-0.15, -0.1) is 11.3 Å². The number of likely N-dealkylation sites (tertiary alicyclic amines) is 1. The molecule has 4 heterocycles. The molecule has 3 fully saturated rings. The Hall–Kier alpha value is -2.75. The van der Waals surface area contributed by atoms with Gasteiger partial charge in [-0.2, -0.15) is 0 Å². The maximum absolute atomic E-state index is 15.3. The molecule has 6 rings (SSSR count). The monoisotopic (exact) mass is 523 g/mol. The number of carbonyl (C=O) groups excluding carboxylic acids is 1. The van der Waals surface area contributed by atoms with E-state index in [1.165, 1.54) is 23.1 Å². The zero-order chi connectivity index (χ0) is 25.5. The van der Waals surface area contributed by atoms with Gasteiger partial charge < -0.3 is 19.5 Å². The van der Waals surface area contributed by atoms with Crippen LogP contribution in [-0.4, -0.2) is 66.7 Å². The lowest BCUT2D eigenvalue weighted by Gasteiger charge is -2.30. The number of aromatic nitrogens is 2. The number of nitrogens with one attached hydrogen (secondary N) is 1. The van der Waals surface area contributed by atoms with Crippen LogP contribution < -0.4 is 9.80 Å². The van der Waals surface area contributed by atoms with Crippen LogP contribution in [0.25, 0.3) is 0 Å². The minimum atomic E-state index is -0.285. The van der Waals surface area contributed by atoms with Gasteiger partial charge in [-0.3, -0.25) is 9.69 Å². The Kier molecular flexibility index (Phi) is 6.77. The van der Waals surface area contributed by atoms with Crippen molar-refractivity contribution in [3.8, 4) is 0 Å². The highest BCUT2D eigenvalue weighted by Gasteiger charge is 2.56. The summed E-state index contributed by atoms with van der Waals surface area (Å²) >= 11 is 1.43. The third-order valence-electron chi connectivity index (χ3n) is 8.16. The molecule has 9 heteroatoms. The molecule has 0 spiro atoms. The number of carbonyl (C=O) groups is 1. The van der Waals surface area contributed by atoms with E-state index in [0.717, 1.165) is 37.6 Å². The van der Waals surface area contributed by atoms with Crippen molar-refractivity contribution in [2.75, 3.05) is 55.7 Å². The van der Waals surface area contributed by atoms with Gasteiger partial charge >= 0.3 is 0 Å². The number of ether oxygens (including phenoxy) is 1. The average molecular weight is 524 g/mol. The Labute approximate surface area is 221 Å². The number of nitrogens with zero attached hydrogens (tertiary/aromatic N) is 4. The molecule has 2 unspecified atom stereocenters. The highest BCUT2D eigenvalue weighted by Crippen LogP contribution is 2.52. The molecule has 2 aliphatic heterocycles. The molecule has 3 aromatic rings. The van der Waals surface area contributed by atoms with E-state index in [9.17, 15) is 4.79 Å². The molecule has 1 amide bonds. The lowest BCUT2D eigenvalue weighted by Crippen LogP contribution is -2.37. The smallest absolute Gasteiger partial charge is 0.268 e. The van der Waals surface area contributed by atoms with Crippen LogP contribution in [0.2, 0.25) is 0 Å². The molecule has 196 valence electrons. The fourth-order valence-electron chi connectivity index (χ4n) is 6.02. The van der Waals surface area contributed by atoms with Gasteiger partial charge in [0.1, 0.15) is 11.6 Å². The first-order valence-electron chi connectivity index (χ1n) is 13.3. The van der Waals surface area contributed by atoms with Crippen LogP contribution in [0.4, 0.5) is 15.8 Å². The first-order chi connectivity index (χ1) is 18.0. The van der Waals surface area contributed by atoms with Crippen molar-refractivity contribution in [3.63, 3.8) is 0 Å². The molecule has 7 nitrogen and oxygen atoms in total. The molecule has 2 saturated heterocycles. The number of piperidine rings is 1. The van der Waals surface area contributed by atoms with E-state index in [1.54, 1.807) is 4.90 Å². The van der Waals surface area contributed by atoms with Gasteiger partial charge in [0.2, 0.25) is 0 Å². The number of imidazole rings is 1. The molecule has 0 bridgehead atoms. The number of aryl methyl sites for hydroxylation is 2. The number of rotatable bonds is 8. The number of fused-ring (bicyclic) bond motifs is 1. The summed E-state index contributed by atoms with van der Waals surface area (Å²) in [4.78, 5) is 28.6. The summed E-state index contributed by atoms with van der Waals surface area (Å²) in [6.45, 7) is 10.3. The number of aromatic amines is 1. The number of morpholine rings is 1. The second kappa shape index (κ2) is 10.2. The molecule has 37 heavy (non-hydrogen) atoms. The first kappa shape index (κ1) is 24.6. The van der Waals surface area contributed by atoms with Gasteiger partial charge in [-0.25, -0.2) is 9.37 Å². The van der Waals surface area contributed by atoms with E-state index in [-0.39, 0.29) is 11.7 Å². The van der Waals surface area contributed by atoms with Gasteiger partial charge in [0.15, 0.2) is 0 Å². The highest BCUT2D eigenvalue weighted by molar-refractivity contribution is 7.12. The lowest BCUT2D eigenvalue weighted by atomic mass is 10.1. The summed E-state index contributed by atoms with van der Waals surface area (Å²) in [5, 5.41) is 1.92. The maximum atomic E-state index is 15.3. The van der Waals surface area contributed by atoms with Gasteiger partial charge in [0.25, 0.3) is 5.91 Å². The van der Waals surface area contributed by atoms with Crippen molar-refractivity contribution in [2.45, 2.75) is 26.8 Å². The summed E-state index contributed by atoms with van der Waals surface area (Å²) in [5.41, 5.74) is 3.51. The van der Waals surface area contributed by atoms with Crippen LogP contribution in [0.5, 0.6) is 0 Å². The van der Waals surface area contributed by atoms with E-state index in [4.69, 9.17) is 4.74 Å². The number of hydrogen-bond donors (Lipinski definition) is 1. The first-order valence-corrected chi connectivity index (χ1v) is 14.1. The Morgan fingerprint density at radius 2 is 2.03 bits per heavy atom. The zero-order valence-corrected chi connectivity index (χ0v) is 22.3. The molecule has 1 aliphatic carbocycles. The fourth-order valence-corrected chi connectivity index (χ4v) is 6.69. The minimum absolute atomic E-state index is 0.0458. The lowest BCUT2D eigenvalue weighted by molar-refractivity contribution is 0.0988. The Morgan fingerprint density at radius 3 is 2.68 bits per heavy atom. The van der Waals surface area contributed by atoms with E-state index in [2.05, 4.69) is 28.7 Å². The topological polar surface area (TPSA) is 64.7 Å². The minimum Gasteiger partial charge on any atom is -0.378 e. The SMILES string of the molecule is CCc1nc(C)c(CN2CC3C(C2)C3CN(C(=O)c2cccs2)c2ccc(N3CCOCC3)c(F)c2)[nH]1. The summed E-state index contributed by atoms with van der Waals surface area (Å²) in [6, 6.07) is 9.00. The molecule has 1 saturated carbocycles. The van der Waals surface area contributed by atoms with Crippen molar-refractivity contribution in [3.05, 3.63) is 63.6 Å². The Bertz CT molecular complexity index is 1240. The van der Waals surface area contributed by atoms with Crippen molar-refractivity contribution in [2.24, 2.45) is 17.8 Å². The van der Waals surface area contributed by atoms with Crippen LogP contribution in [-0.2, 0) is 17.7 Å². The number of H-pyrrole nitrogens is 1. The van der Waals surface area contributed by atoms with Gasteiger partial charge in [0.05, 0.1) is 35.2 Å². The summed E-state index contributed by atoms with van der Waals surface area (Å²) in [6.07, 6.45) is 0.913. The van der Waals surface area contributed by atoms with Gasteiger partial charge in [-0.05, 0) is 54.3 Å². The number of benzene rings is 1. The standard InChI is InChI=1S/C28H34FN5O2S/c1-3-27-30-18(2)24(31-27)17-32-14-20-21(15-32)22(20)16-34(28(35)26-5-4-12-37-26)19-6-7-25(23(29)13-19)33-8-10-36-11-9-33/h4-7,12-13,20-22H,3,8-11,14-17H2,1-2H3,(H,30,31). The number of anilines is 2. The molecule has 1 aromatic carbocycles. The molecule has 0 radical (unpaired) electrons. The second-order valence-corrected chi connectivity index (χ2v) is 11.4. The molecular weight excluding hydrogens is 489 g/mol. The van der Waals surface area contributed by atoms with Gasteiger partial charge in [-0.1, -0.05) is 13.0 Å². The predicted octanol–water partition coefficient (Wildman–Crippen LogP) is 4.34. The second-order valence-electron chi connectivity index (χ2n) is 10.4. The van der Waals surface area contributed by atoms with Crippen molar-refractivity contribution >= 4 is 28.6 Å². The van der Waals surface area contributed by atoms with E-state index in [0.29, 0.717) is 66.9 Å². The number of amides is 1. The van der Waals surface area contributed by atoms with Crippen molar-refractivity contribution in [1.29, 1.82) is 0 Å². The third-order valence-corrected chi connectivity index (χ3v) is 9.02. The van der Waals surface area contributed by atoms with E-state index in [1.807, 2.05) is 34.5 Å². The predicted molar refractivity (Wildman–Crippen MR) is 144 cm³/mol. The molecule has 3 aliphatic rings. The Morgan fingerprint density at radius 1 is 1.24 bits per heavy atom. The molecule has 2 atom stereocenters. The Balaban J connectivity index is 1.15. The summed E-state index contributed by atoms with van der Waals surface area (Å²) in [7, 11) is 0. The number of hydrogen-bond acceptors (Lipinski definition) is 6. The van der Waals surface area contributed by atoms with E-state index < -0.39 is 0 Å². The largest absolute Gasteiger partial charge is 0.378 e. The molecular formula is C28H34FN5O2S. The normalized spacial score (nSPS) is 23.3. The highest BCUT2D eigenvalue weighted by atomic mass is 32.1. The van der Waals surface area contributed by atoms with Crippen LogP contribution in [0.1, 0.15) is 33.8 Å². The van der Waals surface area contributed by atoms with Crippen LogP contribution in [0.15, 0.2) is 35.7 Å². The van der Waals surface area contributed by atoms with Crippen LogP contribution in [0.3, 0.4) is 0 Å². The summed E-state index contributed by atoms with van der Waals surface area (Å²) < 4.78 is 20.7. The van der Waals surface area contributed by atoms with Crippen molar-refractivity contribution in [1.82, 2.24) is 14.9 Å². The van der Waals surface area contributed by atoms with Gasteiger partial charge in [0, 0.05) is 51.4 Å². The average Bonchev–Trinajstić information content (AvgIpc) is 3.39. The van der Waals surface area contributed by atoms with Crippen LogP contribution >= 0.6 is 11.3 Å². The number of halogens is 1. The molecule has 1 N–H and O–H groups in total. The third kappa shape index (κ3) is 4.92. The fraction of sp³-hybridized carbons (Fsp3) is 0.500. The quantitative estimate of drug-likeness (QED) is 0.476. The van der Waals surface area contributed by atoms with Crippen LogP contribution in [0, 0.1) is 30.5 Å². The summed E-state index contributed by atoms with van der Waals surface area (Å²) in [5.74, 6) is 2.30. The maximum Gasteiger partial charge on any atom is 0.268 e. The van der Waals surface area contributed by atoms with E-state index >= 15 is 4.39 Å². The number of thiophene rings is 1. The molecule has 2 aromatic heterocycles.